The van der Waals surface area contributed by atoms with Crippen molar-refractivity contribution in [2.75, 3.05) is 0 Å². The van der Waals surface area contributed by atoms with E-state index in [0.29, 0.717) is 11.4 Å². The van der Waals surface area contributed by atoms with Gasteiger partial charge in [-0.25, -0.2) is 19.9 Å². The van der Waals surface area contributed by atoms with E-state index in [1.807, 2.05) is 83.6 Å². The Labute approximate surface area is 589 Å². The van der Waals surface area contributed by atoms with Crippen molar-refractivity contribution in [3.63, 3.8) is 0 Å². The Morgan fingerprint density at radius 3 is 0.980 bits per heavy atom. The standard InChI is InChI=1S/C46H26N2O3.C46H26N2OS2/c1-3-13-40-34(7-1)36-11-5-9-32(44(36)49-40)28-17-15-27(16-18-28)31-23-24-42-38(25-31)43-46(51-42)48-39(26-47-43)30-21-19-29(20-22-30)33-10-6-12-37-35-8-2-4-14-41(35)50-45(33)37;1-3-13-41-34(7-1)36-11-5-9-32(44(36)50-41)28-17-15-27(16-18-28)31-23-24-40-38(25-31)43-46(49-40)48-39(26-47-43)30-21-19-29(20-22-30)33-10-6-12-37-35-8-2-4-14-42(35)51-45(33)37/h2*1-26H. The van der Waals surface area contributed by atoms with Gasteiger partial charge < -0.3 is 17.7 Å². The molecule has 14 aromatic carbocycles. The zero-order valence-electron chi connectivity index (χ0n) is 54.3. The van der Waals surface area contributed by atoms with Crippen LogP contribution in [0.5, 0.6) is 0 Å². The SMILES string of the molecule is c1ccc2c(c1)oc1c(-c3ccc(-c4ccc5oc6nc(-c7ccc(-c8cccc9c8oc8ccccc89)cc7)cnc6c5c4)cc3)cccc12.c1ccc2c(c1)sc1c(-c3ccc(-c4ccc5oc6nc(-c7ccc(-c8cccc9c8sc8ccccc89)cc7)cnc6c5c4)cc3)cccc12. The van der Waals surface area contributed by atoms with Gasteiger partial charge in [0.25, 0.3) is 0 Å². The van der Waals surface area contributed by atoms with Gasteiger partial charge in [0, 0.05) is 94.9 Å². The number of benzene rings is 14. The maximum atomic E-state index is 6.29. The number of para-hydroxylation sites is 4. The first-order chi connectivity index (χ1) is 50.5. The Hall–Kier alpha value is -13.1. The Balaban J connectivity index is 0.000000133. The zero-order chi connectivity index (χ0) is 66.9. The number of thiophene rings is 2. The fourth-order valence-electron chi connectivity index (χ4n) is 14.9. The van der Waals surface area contributed by atoms with Gasteiger partial charge in [-0.1, -0.05) is 255 Å². The van der Waals surface area contributed by atoms with Crippen LogP contribution >= 0.6 is 22.7 Å². The molecule has 0 saturated heterocycles. The summed E-state index contributed by atoms with van der Waals surface area (Å²) in [5, 5.41) is 11.7. The molecule has 0 aliphatic rings. The topological polar surface area (TPSA) is 104 Å². The van der Waals surface area contributed by atoms with Gasteiger partial charge >= 0.3 is 0 Å². The van der Waals surface area contributed by atoms with Gasteiger partial charge in [-0.2, -0.15) is 0 Å². The largest absolute Gasteiger partial charge is 0.455 e. The summed E-state index contributed by atoms with van der Waals surface area (Å²) in [5.41, 5.74) is 24.9. The lowest BCUT2D eigenvalue weighted by atomic mass is 9.98. The highest BCUT2D eigenvalue weighted by Gasteiger charge is 2.20. The van der Waals surface area contributed by atoms with E-state index in [-0.39, 0.29) is 0 Å². The fourth-order valence-corrected chi connectivity index (χ4v) is 17.4. The van der Waals surface area contributed by atoms with Crippen LogP contribution in [0, 0.1) is 0 Å². The van der Waals surface area contributed by atoms with E-state index in [2.05, 4.69) is 255 Å². The predicted molar refractivity (Wildman–Crippen MR) is 422 cm³/mol. The molecule has 0 fully saturated rings. The van der Waals surface area contributed by atoms with Crippen LogP contribution in [0.15, 0.2) is 333 Å². The van der Waals surface area contributed by atoms with Gasteiger partial charge in [0.1, 0.15) is 44.5 Å². The number of fused-ring (bicyclic) bond motifs is 18. The van der Waals surface area contributed by atoms with E-state index in [1.54, 1.807) is 0 Å². The molecule has 8 nitrogen and oxygen atoms in total. The average Bonchev–Trinajstić information content (AvgIpc) is 1.65. The minimum absolute atomic E-state index is 0.519. The summed E-state index contributed by atoms with van der Waals surface area (Å²) < 4.78 is 30.3. The Morgan fingerprint density at radius 1 is 0.225 bits per heavy atom. The second-order valence-corrected chi connectivity index (χ2v) is 28.0. The summed E-state index contributed by atoms with van der Waals surface area (Å²) >= 11 is 3.72. The molecule has 0 N–H and O–H groups in total. The first-order valence-corrected chi connectivity index (χ1v) is 35.6. The molecule has 22 rings (SSSR count). The van der Waals surface area contributed by atoms with Crippen molar-refractivity contribution in [1.82, 2.24) is 19.9 Å². The Morgan fingerprint density at radius 2 is 0.549 bits per heavy atom. The molecule has 10 heteroatoms. The van der Waals surface area contributed by atoms with E-state index < -0.39 is 0 Å². The number of hydrogen-bond acceptors (Lipinski definition) is 10. The molecule has 476 valence electrons. The first-order valence-electron chi connectivity index (χ1n) is 33.9. The molecular formula is C92H52N4O4S2. The van der Waals surface area contributed by atoms with Crippen molar-refractivity contribution < 1.29 is 17.7 Å². The van der Waals surface area contributed by atoms with Crippen molar-refractivity contribution >= 4 is 151 Å². The predicted octanol–water partition coefficient (Wildman–Crippen LogP) is 26.6. The van der Waals surface area contributed by atoms with Crippen LogP contribution in [-0.4, -0.2) is 19.9 Å². The van der Waals surface area contributed by atoms with Crippen LogP contribution in [0.3, 0.4) is 0 Å². The van der Waals surface area contributed by atoms with Crippen molar-refractivity contribution in [3.05, 3.63) is 316 Å². The molecule has 0 amide bonds. The van der Waals surface area contributed by atoms with Gasteiger partial charge in [0.15, 0.2) is 0 Å². The van der Waals surface area contributed by atoms with Crippen LogP contribution in [-0.2, 0) is 0 Å². The fraction of sp³-hybridized carbons (Fsp3) is 0. The lowest BCUT2D eigenvalue weighted by Gasteiger charge is -2.07. The average molecular weight is 1340 g/mol. The number of aromatic nitrogens is 4. The number of nitrogens with zero attached hydrogens (tertiary/aromatic N) is 4. The summed E-state index contributed by atoms with van der Waals surface area (Å²) in [6, 6.07) is 106. The van der Waals surface area contributed by atoms with E-state index in [4.69, 9.17) is 37.6 Å². The molecule has 22 aromatic rings. The Bertz CT molecular complexity index is 6690. The second kappa shape index (κ2) is 23.3. The number of hydrogen-bond donors (Lipinski definition) is 0. The lowest BCUT2D eigenvalue weighted by Crippen LogP contribution is -1.87. The van der Waals surface area contributed by atoms with Crippen molar-refractivity contribution in [3.8, 4) is 89.3 Å². The smallest absolute Gasteiger partial charge is 0.246 e. The van der Waals surface area contributed by atoms with Gasteiger partial charge in [-0.3, -0.25) is 0 Å². The van der Waals surface area contributed by atoms with E-state index in [1.165, 1.54) is 62.6 Å². The molecule has 8 aromatic heterocycles. The molecule has 0 unspecified atom stereocenters. The summed E-state index contributed by atoms with van der Waals surface area (Å²) in [5.74, 6) is 0. The molecule has 102 heavy (non-hydrogen) atoms. The summed E-state index contributed by atoms with van der Waals surface area (Å²) in [7, 11) is 0. The Kier molecular flexibility index (Phi) is 13.2. The van der Waals surface area contributed by atoms with Crippen molar-refractivity contribution in [2.45, 2.75) is 0 Å². The quantitative estimate of drug-likeness (QED) is 0.148. The molecule has 0 spiro atoms. The zero-order valence-corrected chi connectivity index (χ0v) is 55.9. The summed E-state index contributed by atoms with van der Waals surface area (Å²) in [6.07, 6.45) is 3.68. The second-order valence-electron chi connectivity index (χ2n) is 25.9. The van der Waals surface area contributed by atoms with Crippen LogP contribution < -0.4 is 0 Å². The summed E-state index contributed by atoms with van der Waals surface area (Å²) in [4.78, 5) is 19.5. The van der Waals surface area contributed by atoms with Gasteiger partial charge in [-0.05, 0) is 104 Å². The maximum absolute atomic E-state index is 6.29. The molecule has 0 saturated carbocycles. The van der Waals surface area contributed by atoms with Crippen LogP contribution in [0.1, 0.15) is 0 Å². The molecule has 8 heterocycles. The monoisotopic (exact) mass is 1340 g/mol. The van der Waals surface area contributed by atoms with Gasteiger partial charge in [0.2, 0.25) is 11.4 Å². The first kappa shape index (κ1) is 57.9. The maximum Gasteiger partial charge on any atom is 0.246 e. The third kappa shape index (κ3) is 9.56. The molecule has 0 bridgehead atoms. The highest BCUT2D eigenvalue weighted by molar-refractivity contribution is 7.26. The van der Waals surface area contributed by atoms with E-state index in [0.717, 1.165) is 144 Å². The van der Waals surface area contributed by atoms with Gasteiger partial charge in [0.05, 0.1) is 23.8 Å². The molecule has 0 aliphatic carbocycles. The number of furan rings is 4. The molecule has 0 aliphatic heterocycles. The summed E-state index contributed by atoms with van der Waals surface area (Å²) in [6.45, 7) is 0. The minimum atomic E-state index is 0.519. The third-order valence-electron chi connectivity index (χ3n) is 20.0. The molecular weight excluding hydrogens is 1290 g/mol. The normalized spacial score (nSPS) is 11.9. The van der Waals surface area contributed by atoms with Crippen molar-refractivity contribution in [2.24, 2.45) is 0 Å². The van der Waals surface area contributed by atoms with Crippen LogP contribution in [0.2, 0.25) is 0 Å². The molecule has 0 radical (unpaired) electrons. The lowest BCUT2D eigenvalue weighted by molar-refractivity contribution is 0.653. The minimum Gasteiger partial charge on any atom is -0.455 e. The van der Waals surface area contributed by atoms with E-state index in [9.17, 15) is 0 Å². The highest BCUT2D eigenvalue weighted by atomic mass is 32.1. The van der Waals surface area contributed by atoms with Crippen LogP contribution in [0.25, 0.3) is 218 Å². The van der Waals surface area contributed by atoms with E-state index >= 15 is 0 Å². The third-order valence-corrected chi connectivity index (χ3v) is 22.5. The molecule has 0 atom stereocenters. The van der Waals surface area contributed by atoms with Crippen LogP contribution in [0.4, 0.5) is 0 Å². The van der Waals surface area contributed by atoms with Gasteiger partial charge in [-0.15, -0.1) is 22.7 Å². The van der Waals surface area contributed by atoms with Crippen molar-refractivity contribution in [1.29, 1.82) is 0 Å². The highest BCUT2D eigenvalue weighted by Crippen LogP contribution is 2.45. The number of rotatable bonds is 8.